The lowest BCUT2D eigenvalue weighted by Gasteiger charge is -1.94. The molecular weight excluding hydrogens is 266 g/mol. The van der Waals surface area contributed by atoms with Gasteiger partial charge in [-0.3, -0.25) is 0 Å². The van der Waals surface area contributed by atoms with Crippen LogP contribution in [0.15, 0.2) is 34.7 Å². The van der Waals surface area contributed by atoms with Gasteiger partial charge < -0.3 is 4.42 Å². The van der Waals surface area contributed by atoms with Crippen LogP contribution in [0.5, 0.6) is 0 Å². The number of halogens is 3. The lowest BCUT2D eigenvalue weighted by atomic mass is 10.1. The summed E-state index contributed by atoms with van der Waals surface area (Å²) in [5.41, 5.74) is 1.45. The standard InChI is InChI=1S/C12H5Cl3O/c13-6-1-2-7-8-4-9(14)10(15)5-12(8)16-11(7)3-6/h1-5H. The van der Waals surface area contributed by atoms with Crippen molar-refractivity contribution < 1.29 is 4.42 Å². The maximum absolute atomic E-state index is 5.98. The van der Waals surface area contributed by atoms with Crippen molar-refractivity contribution >= 4 is 56.7 Å². The third-order valence-electron chi connectivity index (χ3n) is 2.48. The molecular formula is C12H5Cl3O. The Morgan fingerprint density at radius 2 is 1.44 bits per heavy atom. The summed E-state index contributed by atoms with van der Waals surface area (Å²) >= 11 is 17.8. The van der Waals surface area contributed by atoms with E-state index in [2.05, 4.69) is 0 Å². The van der Waals surface area contributed by atoms with Crippen LogP contribution in [0, 0.1) is 0 Å². The van der Waals surface area contributed by atoms with Gasteiger partial charge in [0.25, 0.3) is 0 Å². The van der Waals surface area contributed by atoms with Gasteiger partial charge in [0.05, 0.1) is 10.0 Å². The molecule has 0 fully saturated rings. The van der Waals surface area contributed by atoms with E-state index in [-0.39, 0.29) is 0 Å². The van der Waals surface area contributed by atoms with Gasteiger partial charge in [0.15, 0.2) is 0 Å². The van der Waals surface area contributed by atoms with E-state index < -0.39 is 0 Å². The number of furan rings is 1. The maximum Gasteiger partial charge on any atom is 0.137 e. The van der Waals surface area contributed by atoms with E-state index >= 15 is 0 Å². The van der Waals surface area contributed by atoms with Gasteiger partial charge in [-0.2, -0.15) is 0 Å². The molecule has 0 N–H and O–H groups in total. The third kappa shape index (κ3) is 1.47. The molecule has 0 bridgehead atoms. The molecule has 1 nitrogen and oxygen atoms in total. The van der Waals surface area contributed by atoms with E-state index in [9.17, 15) is 0 Å². The first-order valence-corrected chi connectivity index (χ1v) is 5.75. The fourth-order valence-electron chi connectivity index (χ4n) is 1.75. The molecule has 0 radical (unpaired) electrons. The Balaban J connectivity index is 2.51. The Morgan fingerprint density at radius 1 is 0.750 bits per heavy atom. The summed E-state index contributed by atoms with van der Waals surface area (Å²) in [6.45, 7) is 0. The second kappa shape index (κ2) is 3.56. The highest BCUT2D eigenvalue weighted by molar-refractivity contribution is 6.43. The maximum atomic E-state index is 5.98. The van der Waals surface area contributed by atoms with Gasteiger partial charge in [-0.1, -0.05) is 34.8 Å². The van der Waals surface area contributed by atoms with E-state index in [1.807, 2.05) is 12.1 Å². The van der Waals surface area contributed by atoms with Crippen molar-refractivity contribution in [2.45, 2.75) is 0 Å². The zero-order chi connectivity index (χ0) is 11.3. The molecule has 80 valence electrons. The molecule has 0 aliphatic heterocycles. The monoisotopic (exact) mass is 270 g/mol. The molecule has 0 atom stereocenters. The van der Waals surface area contributed by atoms with Gasteiger partial charge in [0.2, 0.25) is 0 Å². The lowest BCUT2D eigenvalue weighted by molar-refractivity contribution is 0.669. The number of hydrogen-bond donors (Lipinski definition) is 0. The van der Waals surface area contributed by atoms with E-state index in [0.717, 1.165) is 16.4 Å². The minimum Gasteiger partial charge on any atom is -0.456 e. The van der Waals surface area contributed by atoms with Crippen LogP contribution in [0.4, 0.5) is 0 Å². The summed E-state index contributed by atoms with van der Waals surface area (Å²) in [6.07, 6.45) is 0. The molecule has 16 heavy (non-hydrogen) atoms. The van der Waals surface area contributed by atoms with Crippen LogP contribution in [0.1, 0.15) is 0 Å². The smallest absolute Gasteiger partial charge is 0.137 e. The molecule has 0 aliphatic carbocycles. The van der Waals surface area contributed by atoms with Gasteiger partial charge >= 0.3 is 0 Å². The van der Waals surface area contributed by atoms with Crippen LogP contribution in [-0.4, -0.2) is 0 Å². The van der Waals surface area contributed by atoms with Crippen LogP contribution in [0.3, 0.4) is 0 Å². The van der Waals surface area contributed by atoms with Crippen molar-refractivity contribution in [1.82, 2.24) is 0 Å². The molecule has 2 aromatic carbocycles. The SMILES string of the molecule is Clc1ccc2c(c1)oc1cc(Cl)c(Cl)cc12. The highest BCUT2D eigenvalue weighted by Crippen LogP contribution is 2.35. The second-order valence-corrected chi connectivity index (χ2v) is 4.76. The average Bonchev–Trinajstić information content (AvgIpc) is 2.55. The van der Waals surface area contributed by atoms with Crippen molar-refractivity contribution in [2.75, 3.05) is 0 Å². The Kier molecular flexibility index (Phi) is 2.28. The minimum atomic E-state index is 0.485. The predicted molar refractivity (Wildman–Crippen MR) is 68.8 cm³/mol. The van der Waals surface area contributed by atoms with E-state index in [1.165, 1.54) is 0 Å². The first-order chi connectivity index (χ1) is 7.65. The molecule has 0 saturated heterocycles. The Labute approximate surface area is 106 Å². The molecule has 1 aromatic heterocycles. The van der Waals surface area contributed by atoms with Crippen LogP contribution >= 0.6 is 34.8 Å². The summed E-state index contributed by atoms with van der Waals surface area (Å²) < 4.78 is 5.64. The van der Waals surface area contributed by atoms with Crippen molar-refractivity contribution in [3.05, 3.63) is 45.4 Å². The quantitative estimate of drug-likeness (QED) is 0.523. The largest absolute Gasteiger partial charge is 0.456 e. The molecule has 4 heteroatoms. The van der Waals surface area contributed by atoms with Crippen molar-refractivity contribution in [1.29, 1.82) is 0 Å². The molecule has 0 amide bonds. The highest BCUT2D eigenvalue weighted by atomic mass is 35.5. The zero-order valence-corrected chi connectivity index (χ0v) is 10.2. The number of hydrogen-bond acceptors (Lipinski definition) is 1. The zero-order valence-electron chi connectivity index (χ0n) is 7.93. The van der Waals surface area contributed by atoms with Crippen molar-refractivity contribution in [2.24, 2.45) is 0 Å². The van der Waals surface area contributed by atoms with Crippen LogP contribution < -0.4 is 0 Å². The molecule has 0 aliphatic rings. The Hall–Kier alpha value is -0.890. The average molecular weight is 272 g/mol. The summed E-state index contributed by atoms with van der Waals surface area (Å²) in [4.78, 5) is 0. The second-order valence-electron chi connectivity index (χ2n) is 3.51. The Bertz CT molecular complexity index is 700. The molecule has 3 rings (SSSR count). The molecule has 0 saturated carbocycles. The summed E-state index contributed by atoms with van der Waals surface area (Å²) in [7, 11) is 0. The van der Waals surface area contributed by atoms with Crippen LogP contribution in [0.2, 0.25) is 15.1 Å². The van der Waals surface area contributed by atoms with Crippen LogP contribution in [0.25, 0.3) is 21.9 Å². The summed E-state index contributed by atoms with van der Waals surface area (Å²) in [5.74, 6) is 0. The van der Waals surface area contributed by atoms with Crippen molar-refractivity contribution in [3.63, 3.8) is 0 Å². The topological polar surface area (TPSA) is 13.1 Å². The number of benzene rings is 2. The molecule has 1 heterocycles. The van der Waals surface area contributed by atoms with E-state index in [0.29, 0.717) is 20.7 Å². The molecule has 3 aromatic rings. The normalized spacial score (nSPS) is 11.4. The molecule has 0 spiro atoms. The highest BCUT2D eigenvalue weighted by Gasteiger charge is 2.09. The van der Waals surface area contributed by atoms with Gasteiger partial charge in [0.1, 0.15) is 11.2 Å². The Morgan fingerprint density at radius 3 is 2.25 bits per heavy atom. The van der Waals surface area contributed by atoms with Gasteiger partial charge in [-0.05, 0) is 18.2 Å². The third-order valence-corrected chi connectivity index (χ3v) is 3.43. The van der Waals surface area contributed by atoms with E-state index in [4.69, 9.17) is 39.2 Å². The van der Waals surface area contributed by atoms with E-state index in [1.54, 1.807) is 18.2 Å². The molecule has 0 unspecified atom stereocenters. The van der Waals surface area contributed by atoms with Gasteiger partial charge in [-0.15, -0.1) is 0 Å². The first kappa shape index (κ1) is 10.3. The van der Waals surface area contributed by atoms with Gasteiger partial charge in [-0.25, -0.2) is 0 Å². The summed E-state index contributed by atoms with van der Waals surface area (Å²) in [5, 5.41) is 3.58. The number of rotatable bonds is 0. The fraction of sp³-hybridized carbons (Fsp3) is 0. The minimum absolute atomic E-state index is 0.485. The predicted octanol–water partition coefficient (Wildman–Crippen LogP) is 5.55. The summed E-state index contributed by atoms with van der Waals surface area (Å²) in [6, 6.07) is 9.03. The number of fused-ring (bicyclic) bond motifs is 3. The fourth-order valence-corrected chi connectivity index (χ4v) is 2.22. The first-order valence-electron chi connectivity index (χ1n) is 4.62. The van der Waals surface area contributed by atoms with Gasteiger partial charge in [0, 0.05) is 27.9 Å². The van der Waals surface area contributed by atoms with Crippen LogP contribution in [-0.2, 0) is 0 Å². The lowest BCUT2D eigenvalue weighted by Crippen LogP contribution is -1.69. The van der Waals surface area contributed by atoms with Crippen molar-refractivity contribution in [3.8, 4) is 0 Å².